The molecule has 0 amide bonds. The minimum atomic E-state index is -0.961. The highest BCUT2D eigenvalue weighted by Crippen LogP contribution is 2.28. The monoisotopic (exact) mass is 354 g/mol. The molecule has 0 atom stereocenters. The Morgan fingerprint density at radius 2 is 2.04 bits per heavy atom. The number of hydrogen-bond acceptors (Lipinski definition) is 3. The quantitative estimate of drug-likeness (QED) is 0.681. The van der Waals surface area contributed by atoms with Crippen LogP contribution < -0.4 is 4.74 Å². The Labute approximate surface area is 149 Å². The van der Waals surface area contributed by atoms with Gasteiger partial charge in [0.1, 0.15) is 5.75 Å². The minimum absolute atomic E-state index is 0.232. The van der Waals surface area contributed by atoms with E-state index >= 15 is 0 Å². The fourth-order valence-corrected chi connectivity index (χ4v) is 2.65. The van der Waals surface area contributed by atoms with Gasteiger partial charge in [0.15, 0.2) is 0 Å². The van der Waals surface area contributed by atoms with E-state index in [1.54, 1.807) is 49.7 Å². The van der Waals surface area contributed by atoms with Crippen molar-refractivity contribution >= 4 is 29.5 Å². The van der Waals surface area contributed by atoms with Crippen molar-refractivity contribution in [3.8, 4) is 11.4 Å². The summed E-state index contributed by atoms with van der Waals surface area (Å²) in [6.07, 6.45) is 3.55. The van der Waals surface area contributed by atoms with Crippen molar-refractivity contribution in [3.05, 3.63) is 77.1 Å². The second-order valence-corrected chi connectivity index (χ2v) is 5.64. The number of hydrogen-bond donors (Lipinski definition) is 1. The third-order valence-electron chi connectivity index (χ3n) is 3.63. The molecule has 0 radical (unpaired) electrons. The van der Waals surface area contributed by atoms with Crippen LogP contribution in [-0.2, 0) is 0 Å². The second kappa shape index (κ2) is 7.23. The number of carbonyl (C=O) groups is 1. The van der Waals surface area contributed by atoms with E-state index in [2.05, 4.69) is 4.99 Å². The van der Waals surface area contributed by atoms with Gasteiger partial charge in [0, 0.05) is 11.9 Å². The lowest BCUT2D eigenvalue weighted by molar-refractivity contribution is 0.0697. The van der Waals surface area contributed by atoms with Gasteiger partial charge in [-0.3, -0.25) is 4.99 Å². The van der Waals surface area contributed by atoms with Gasteiger partial charge in [0.05, 0.1) is 35.3 Å². The van der Waals surface area contributed by atoms with Crippen molar-refractivity contribution in [1.82, 2.24) is 4.57 Å². The maximum Gasteiger partial charge on any atom is 0.335 e. The van der Waals surface area contributed by atoms with Crippen molar-refractivity contribution in [2.24, 2.45) is 4.99 Å². The summed E-state index contributed by atoms with van der Waals surface area (Å²) in [5.74, 6) is -0.369. The van der Waals surface area contributed by atoms with Crippen LogP contribution in [0.15, 0.2) is 65.8 Å². The number of rotatable bonds is 5. The molecule has 0 aliphatic carbocycles. The molecule has 0 spiro atoms. The molecule has 0 bridgehead atoms. The molecule has 0 aliphatic rings. The molecule has 3 rings (SSSR count). The molecule has 1 N–H and O–H groups in total. The predicted molar refractivity (Wildman–Crippen MR) is 98.0 cm³/mol. The average Bonchev–Trinajstić information content (AvgIpc) is 3.09. The van der Waals surface area contributed by atoms with Crippen LogP contribution in [0.4, 0.5) is 5.69 Å². The molecule has 6 heteroatoms. The summed E-state index contributed by atoms with van der Waals surface area (Å²) in [5, 5.41) is 9.63. The zero-order valence-electron chi connectivity index (χ0n) is 13.4. The summed E-state index contributed by atoms with van der Waals surface area (Å²) in [6.45, 7) is 0. The van der Waals surface area contributed by atoms with Crippen molar-refractivity contribution in [3.63, 3.8) is 0 Å². The van der Waals surface area contributed by atoms with E-state index in [0.717, 1.165) is 11.4 Å². The summed E-state index contributed by atoms with van der Waals surface area (Å²) in [7, 11) is 1.56. The Bertz CT molecular complexity index is 947. The first-order valence-electron chi connectivity index (χ1n) is 7.47. The maximum atomic E-state index is 11.1. The number of aromatic nitrogens is 1. The van der Waals surface area contributed by atoms with E-state index in [1.807, 2.05) is 29.0 Å². The highest BCUT2D eigenvalue weighted by Gasteiger charge is 2.06. The normalized spacial score (nSPS) is 11.0. The maximum absolute atomic E-state index is 11.1. The zero-order chi connectivity index (χ0) is 17.8. The summed E-state index contributed by atoms with van der Waals surface area (Å²) in [6, 6.07) is 15.8. The summed E-state index contributed by atoms with van der Waals surface area (Å²) in [4.78, 5) is 15.6. The number of methoxy groups -OCH3 is 1. The van der Waals surface area contributed by atoms with Gasteiger partial charge in [0.2, 0.25) is 0 Å². The van der Waals surface area contributed by atoms with Gasteiger partial charge in [-0.2, -0.15) is 0 Å². The molecule has 0 saturated carbocycles. The van der Waals surface area contributed by atoms with Gasteiger partial charge in [-0.1, -0.05) is 17.7 Å². The van der Waals surface area contributed by atoms with Gasteiger partial charge in [-0.25, -0.2) is 4.79 Å². The van der Waals surface area contributed by atoms with Crippen molar-refractivity contribution < 1.29 is 14.6 Å². The third kappa shape index (κ3) is 3.72. The number of aliphatic imine (C=N–C) groups is 1. The topological polar surface area (TPSA) is 63.8 Å². The number of benzene rings is 2. The van der Waals surface area contributed by atoms with Gasteiger partial charge in [0.25, 0.3) is 0 Å². The molecule has 1 aromatic heterocycles. The van der Waals surface area contributed by atoms with Crippen LogP contribution in [0.5, 0.6) is 5.75 Å². The third-order valence-corrected chi connectivity index (χ3v) is 3.93. The van der Waals surface area contributed by atoms with Crippen molar-refractivity contribution in [1.29, 1.82) is 0 Å². The molecule has 3 aromatic rings. The smallest absolute Gasteiger partial charge is 0.335 e. The first-order valence-corrected chi connectivity index (χ1v) is 7.85. The van der Waals surface area contributed by atoms with Crippen LogP contribution in [0.2, 0.25) is 5.02 Å². The summed E-state index contributed by atoms with van der Waals surface area (Å²) >= 11 is 6.10. The molecular formula is C19H15ClN2O3. The summed E-state index contributed by atoms with van der Waals surface area (Å²) < 4.78 is 6.98. The first kappa shape index (κ1) is 16.8. The largest absolute Gasteiger partial charge is 0.495 e. The molecule has 0 saturated heterocycles. The molecule has 0 fully saturated rings. The highest BCUT2D eigenvalue weighted by molar-refractivity contribution is 6.32. The fraction of sp³-hybridized carbons (Fsp3) is 0.0526. The lowest BCUT2D eigenvalue weighted by atomic mass is 10.2. The molecule has 2 aromatic carbocycles. The fourth-order valence-electron chi connectivity index (χ4n) is 2.40. The van der Waals surface area contributed by atoms with Crippen molar-refractivity contribution in [2.45, 2.75) is 0 Å². The van der Waals surface area contributed by atoms with Gasteiger partial charge in [-0.05, 0) is 48.5 Å². The molecule has 5 nitrogen and oxygen atoms in total. The number of aromatic carboxylic acids is 1. The summed E-state index contributed by atoms with van der Waals surface area (Å²) in [5.41, 5.74) is 2.49. The average molecular weight is 355 g/mol. The van der Waals surface area contributed by atoms with Gasteiger partial charge >= 0.3 is 5.97 Å². The zero-order valence-corrected chi connectivity index (χ0v) is 14.1. The molecule has 0 unspecified atom stereocenters. The SMILES string of the molecule is COc1ccc(N=Cc2cccn2-c2cccc(C(=O)O)c2)cc1Cl. The van der Waals surface area contributed by atoms with Gasteiger partial charge in [-0.15, -0.1) is 0 Å². The Kier molecular flexibility index (Phi) is 4.86. The predicted octanol–water partition coefficient (Wildman–Crippen LogP) is 4.59. The Morgan fingerprint density at radius 3 is 2.76 bits per heavy atom. The Hall–Kier alpha value is -3.05. The van der Waals surface area contributed by atoms with E-state index in [4.69, 9.17) is 21.4 Å². The van der Waals surface area contributed by atoms with E-state index in [-0.39, 0.29) is 5.56 Å². The van der Waals surface area contributed by atoms with Crippen LogP contribution in [0.1, 0.15) is 16.1 Å². The standard InChI is InChI=1S/C19H15ClN2O3/c1-25-18-8-7-14(11-17(18)20)21-12-16-6-3-9-22(16)15-5-2-4-13(10-15)19(23)24/h2-12H,1H3,(H,23,24). The van der Waals surface area contributed by atoms with Crippen LogP contribution in [0.3, 0.4) is 0 Å². The van der Waals surface area contributed by atoms with Crippen molar-refractivity contribution in [2.75, 3.05) is 7.11 Å². The van der Waals surface area contributed by atoms with E-state index < -0.39 is 5.97 Å². The highest BCUT2D eigenvalue weighted by atomic mass is 35.5. The lowest BCUT2D eigenvalue weighted by Crippen LogP contribution is -2.01. The second-order valence-electron chi connectivity index (χ2n) is 5.24. The first-order chi connectivity index (χ1) is 12.1. The molecule has 25 heavy (non-hydrogen) atoms. The van der Waals surface area contributed by atoms with Crippen LogP contribution in [0, 0.1) is 0 Å². The van der Waals surface area contributed by atoms with Gasteiger partial charge < -0.3 is 14.4 Å². The Balaban J connectivity index is 1.91. The number of carboxylic acid groups (broad SMARTS) is 1. The number of ether oxygens (including phenoxy) is 1. The number of carboxylic acids is 1. The van der Waals surface area contributed by atoms with Crippen LogP contribution in [-0.4, -0.2) is 29.0 Å². The van der Waals surface area contributed by atoms with Crippen LogP contribution in [0.25, 0.3) is 5.69 Å². The van der Waals surface area contributed by atoms with Crippen LogP contribution >= 0.6 is 11.6 Å². The lowest BCUT2D eigenvalue weighted by Gasteiger charge is -2.07. The van der Waals surface area contributed by atoms with E-state index in [0.29, 0.717) is 16.5 Å². The van der Waals surface area contributed by atoms with E-state index in [1.165, 1.54) is 0 Å². The Morgan fingerprint density at radius 1 is 1.20 bits per heavy atom. The number of halogens is 1. The van der Waals surface area contributed by atoms with E-state index in [9.17, 15) is 4.79 Å². The molecular weight excluding hydrogens is 340 g/mol. The number of nitrogens with zero attached hydrogens (tertiary/aromatic N) is 2. The molecule has 126 valence electrons. The molecule has 1 heterocycles. The minimum Gasteiger partial charge on any atom is -0.495 e. The molecule has 0 aliphatic heterocycles.